The van der Waals surface area contributed by atoms with Crippen molar-refractivity contribution in [3.8, 4) is 11.3 Å². The van der Waals surface area contributed by atoms with Gasteiger partial charge in [0.05, 0.1) is 24.5 Å². The van der Waals surface area contributed by atoms with E-state index in [4.69, 9.17) is 0 Å². The number of aryl methyl sites for hydroxylation is 1. The molecule has 0 radical (unpaired) electrons. The van der Waals surface area contributed by atoms with Crippen molar-refractivity contribution in [1.82, 2.24) is 35.2 Å². The molecule has 0 bridgehead atoms. The van der Waals surface area contributed by atoms with E-state index in [9.17, 15) is 9.18 Å². The minimum Gasteiger partial charge on any atom is -0.328 e. The summed E-state index contributed by atoms with van der Waals surface area (Å²) in [6.45, 7) is 5.01. The SMILES string of the molecule is CC[C@H](NC(=O)N(C)Cc1cn[nH]c1-c1ccc(F)cc1)c1ncnn1CC. The van der Waals surface area contributed by atoms with E-state index in [2.05, 4.69) is 25.6 Å². The maximum Gasteiger partial charge on any atom is 0.318 e. The first-order valence-corrected chi connectivity index (χ1v) is 9.21. The Hall–Kier alpha value is -3.23. The summed E-state index contributed by atoms with van der Waals surface area (Å²) >= 11 is 0. The molecule has 3 aromatic rings. The van der Waals surface area contributed by atoms with E-state index in [-0.39, 0.29) is 17.9 Å². The number of nitrogens with one attached hydrogen (secondary N) is 2. The number of H-pyrrole nitrogens is 1. The normalized spacial score (nSPS) is 12.0. The van der Waals surface area contributed by atoms with Crippen LogP contribution in [0, 0.1) is 5.82 Å². The molecule has 0 aliphatic rings. The molecule has 9 heteroatoms. The van der Waals surface area contributed by atoms with Gasteiger partial charge in [-0.15, -0.1) is 0 Å². The van der Waals surface area contributed by atoms with E-state index in [1.165, 1.54) is 18.5 Å². The number of hydrogen-bond donors (Lipinski definition) is 2. The maximum atomic E-state index is 13.2. The average molecular weight is 385 g/mol. The van der Waals surface area contributed by atoms with Crippen LogP contribution < -0.4 is 5.32 Å². The average Bonchev–Trinajstić information content (AvgIpc) is 3.35. The molecule has 0 aliphatic carbocycles. The van der Waals surface area contributed by atoms with Crippen molar-refractivity contribution >= 4 is 6.03 Å². The summed E-state index contributed by atoms with van der Waals surface area (Å²) in [5, 5.41) is 14.2. The smallest absolute Gasteiger partial charge is 0.318 e. The maximum absolute atomic E-state index is 13.2. The highest BCUT2D eigenvalue weighted by atomic mass is 19.1. The first kappa shape index (κ1) is 19.5. The number of amides is 2. The topological polar surface area (TPSA) is 91.7 Å². The Labute approximate surface area is 162 Å². The molecule has 8 nitrogen and oxygen atoms in total. The Bertz CT molecular complexity index is 919. The number of carbonyl (C=O) groups is 1. The molecule has 1 atom stereocenters. The predicted molar refractivity (Wildman–Crippen MR) is 103 cm³/mol. The zero-order valence-corrected chi connectivity index (χ0v) is 16.2. The fourth-order valence-electron chi connectivity index (χ4n) is 3.02. The van der Waals surface area contributed by atoms with Crippen LogP contribution in [0.2, 0.25) is 0 Å². The predicted octanol–water partition coefficient (Wildman–Crippen LogP) is 3.12. The second-order valence-corrected chi connectivity index (χ2v) is 6.48. The summed E-state index contributed by atoms with van der Waals surface area (Å²) < 4.78 is 14.9. The van der Waals surface area contributed by atoms with E-state index in [0.29, 0.717) is 19.5 Å². The van der Waals surface area contributed by atoms with E-state index in [1.807, 2.05) is 13.8 Å². The van der Waals surface area contributed by atoms with Crippen LogP contribution in [0.4, 0.5) is 9.18 Å². The molecule has 0 saturated heterocycles. The van der Waals surface area contributed by atoms with Gasteiger partial charge in [-0.05, 0) is 37.6 Å². The number of hydrogen-bond acceptors (Lipinski definition) is 4. The van der Waals surface area contributed by atoms with Crippen molar-refractivity contribution in [3.63, 3.8) is 0 Å². The standard InChI is InChI=1S/C19H24FN7O/c1-4-16(18-21-12-23-27(18)5-2)24-19(28)26(3)11-14-10-22-25-17(14)13-6-8-15(20)9-7-13/h6-10,12,16H,4-5,11H2,1-3H3,(H,22,25)(H,24,28)/t16-/m0/s1. The summed E-state index contributed by atoms with van der Waals surface area (Å²) in [4.78, 5) is 18.6. The van der Waals surface area contributed by atoms with Gasteiger partial charge < -0.3 is 10.2 Å². The molecule has 28 heavy (non-hydrogen) atoms. The van der Waals surface area contributed by atoms with Crippen molar-refractivity contribution in [2.45, 2.75) is 39.4 Å². The molecule has 2 N–H and O–H groups in total. The molecule has 0 unspecified atom stereocenters. The highest BCUT2D eigenvalue weighted by Gasteiger charge is 2.21. The largest absolute Gasteiger partial charge is 0.328 e. The Balaban J connectivity index is 1.69. The summed E-state index contributed by atoms with van der Waals surface area (Å²) in [6.07, 6.45) is 3.87. The third kappa shape index (κ3) is 4.19. The van der Waals surface area contributed by atoms with Crippen molar-refractivity contribution in [3.05, 3.63) is 54.0 Å². The van der Waals surface area contributed by atoms with E-state index in [1.54, 1.807) is 35.0 Å². The first-order valence-electron chi connectivity index (χ1n) is 9.21. The molecule has 3 rings (SSSR count). The van der Waals surface area contributed by atoms with Crippen molar-refractivity contribution in [1.29, 1.82) is 0 Å². The Kier molecular flexibility index (Phi) is 6.03. The summed E-state index contributed by atoms with van der Waals surface area (Å²) in [7, 11) is 1.72. The monoisotopic (exact) mass is 385 g/mol. The molecular formula is C19H24FN7O. The molecule has 0 saturated carbocycles. The van der Waals surface area contributed by atoms with Crippen molar-refractivity contribution in [2.75, 3.05) is 7.05 Å². The lowest BCUT2D eigenvalue weighted by molar-refractivity contribution is 0.201. The van der Waals surface area contributed by atoms with Gasteiger partial charge in [0.1, 0.15) is 18.0 Å². The summed E-state index contributed by atoms with van der Waals surface area (Å²) in [5.41, 5.74) is 2.41. The zero-order chi connectivity index (χ0) is 20.1. The number of aromatic amines is 1. The van der Waals surface area contributed by atoms with E-state index >= 15 is 0 Å². The fraction of sp³-hybridized carbons (Fsp3) is 0.368. The molecule has 2 heterocycles. The van der Waals surface area contributed by atoms with Crippen LogP contribution in [0.5, 0.6) is 0 Å². The molecule has 0 aliphatic heterocycles. The van der Waals surface area contributed by atoms with Gasteiger partial charge in [-0.3, -0.25) is 5.10 Å². The third-order valence-corrected chi connectivity index (χ3v) is 4.57. The molecular weight excluding hydrogens is 361 g/mol. The zero-order valence-electron chi connectivity index (χ0n) is 16.2. The van der Waals surface area contributed by atoms with Gasteiger partial charge in [0, 0.05) is 24.7 Å². The highest BCUT2D eigenvalue weighted by Crippen LogP contribution is 2.22. The lowest BCUT2D eigenvalue weighted by Gasteiger charge is -2.22. The number of benzene rings is 1. The van der Waals surface area contributed by atoms with Crippen LogP contribution in [-0.4, -0.2) is 42.9 Å². The molecule has 0 fully saturated rings. The van der Waals surface area contributed by atoms with Gasteiger partial charge in [0.2, 0.25) is 0 Å². The van der Waals surface area contributed by atoms with Gasteiger partial charge in [-0.1, -0.05) is 6.92 Å². The number of halogens is 1. The minimum atomic E-state index is -0.299. The molecule has 2 aromatic heterocycles. The molecule has 0 spiro atoms. The van der Waals surface area contributed by atoms with Crippen LogP contribution in [0.1, 0.15) is 37.7 Å². The summed E-state index contributed by atoms with van der Waals surface area (Å²) in [6, 6.07) is 5.70. The van der Waals surface area contributed by atoms with Gasteiger partial charge >= 0.3 is 6.03 Å². The lowest BCUT2D eigenvalue weighted by atomic mass is 10.1. The van der Waals surface area contributed by atoms with Crippen LogP contribution in [0.25, 0.3) is 11.3 Å². The van der Waals surface area contributed by atoms with Crippen LogP contribution >= 0.6 is 0 Å². The van der Waals surface area contributed by atoms with Gasteiger partial charge in [-0.25, -0.2) is 18.9 Å². The van der Waals surface area contributed by atoms with Crippen LogP contribution in [-0.2, 0) is 13.1 Å². The van der Waals surface area contributed by atoms with Gasteiger partial charge in [0.25, 0.3) is 0 Å². The van der Waals surface area contributed by atoms with Gasteiger partial charge in [0.15, 0.2) is 0 Å². The number of urea groups is 1. The summed E-state index contributed by atoms with van der Waals surface area (Å²) in [5.74, 6) is 0.439. The quantitative estimate of drug-likeness (QED) is 0.654. The van der Waals surface area contributed by atoms with E-state index < -0.39 is 0 Å². The number of rotatable bonds is 7. The molecule has 148 valence electrons. The Morgan fingerprint density at radius 1 is 1.32 bits per heavy atom. The minimum absolute atomic E-state index is 0.219. The van der Waals surface area contributed by atoms with Crippen LogP contribution in [0.3, 0.4) is 0 Å². The van der Waals surface area contributed by atoms with Crippen molar-refractivity contribution in [2.24, 2.45) is 0 Å². The van der Waals surface area contributed by atoms with Crippen molar-refractivity contribution < 1.29 is 9.18 Å². The lowest BCUT2D eigenvalue weighted by Crippen LogP contribution is -2.39. The Morgan fingerprint density at radius 2 is 2.07 bits per heavy atom. The first-order chi connectivity index (χ1) is 13.5. The van der Waals surface area contributed by atoms with Crippen LogP contribution in [0.15, 0.2) is 36.8 Å². The molecule has 1 aromatic carbocycles. The Morgan fingerprint density at radius 3 is 2.75 bits per heavy atom. The number of carbonyl (C=O) groups excluding carboxylic acids is 1. The second kappa shape index (κ2) is 8.64. The molecule has 2 amide bonds. The fourth-order valence-corrected chi connectivity index (χ4v) is 3.02. The number of nitrogens with zero attached hydrogens (tertiary/aromatic N) is 5. The van der Waals surface area contributed by atoms with Gasteiger partial charge in [-0.2, -0.15) is 10.2 Å². The third-order valence-electron chi connectivity index (χ3n) is 4.57. The highest BCUT2D eigenvalue weighted by molar-refractivity contribution is 5.74. The number of aromatic nitrogens is 5. The second-order valence-electron chi connectivity index (χ2n) is 6.48. The van der Waals surface area contributed by atoms with E-state index in [0.717, 1.165) is 22.6 Å².